The molecule has 0 saturated heterocycles. The van der Waals surface area contributed by atoms with Gasteiger partial charge in [0, 0.05) is 10.8 Å². The minimum absolute atomic E-state index is 0. The molecule has 0 bridgehead atoms. The summed E-state index contributed by atoms with van der Waals surface area (Å²) in [7, 11) is 0. The van der Waals surface area contributed by atoms with E-state index in [4.69, 9.17) is 16.1 Å². The van der Waals surface area contributed by atoms with Crippen LogP contribution in [0.3, 0.4) is 0 Å². The summed E-state index contributed by atoms with van der Waals surface area (Å²) in [6.45, 7) is 9.42. The van der Waals surface area contributed by atoms with Crippen molar-refractivity contribution in [2.75, 3.05) is 6.54 Å². The molecule has 4 rings (SSSR count). The minimum Gasteiger partial charge on any atom is -1.00 e. The van der Waals surface area contributed by atoms with Crippen molar-refractivity contribution in [2.45, 2.75) is 156 Å². The van der Waals surface area contributed by atoms with Crippen LogP contribution in [0.1, 0.15) is 156 Å². The van der Waals surface area contributed by atoms with Gasteiger partial charge in [0.25, 0.3) is 0 Å². The van der Waals surface area contributed by atoms with Crippen LogP contribution in [0.5, 0.6) is 0 Å². The molecule has 4 aliphatic rings. The maximum Gasteiger partial charge on any atom is 0.309 e. The summed E-state index contributed by atoms with van der Waals surface area (Å²) in [6.07, 6.45) is 23.9. The fourth-order valence-corrected chi connectivity index (χ4v) is 6.22. The first-order valence-electron chi connectivity index (χ1n) is 15.6. The lowest BCUT2D eigenvalue weighted by atomic mass is 9.75. The number of halogens is 1. The Morgan fingerprint density at radius 2 is 1.03 bits per heavy atom. The molecule has 6 nitrogen and oxygen atoms in total. The van der Waals surface area contributed by atoms with Gasteiger partial charge in [-0.25, -0.2) is 0 Å². The van der Waals surface area contributed by atoms with Crippen molar-refractivity contribution < 1.29 is 32.8 Å². The third-order valence-corrected chi connectivity index (χ3v) is 9.92. The second-order valence-corrected chi connectivity index (χ2v) is 13.8. The Kier molecular flexibility index (Phi) is 17.6. The number of carboxylic acids is 1. The second kappa shape index (κ2) is 18.2. The Morgan fingerprint density at radius 1 is 0.692 bits per heavy atom. The lowest BCUT2D eigenvalue weighted by Gasteiger charge is -2.29. The number of amides is 1. The Morgan fingerprint density at radius 3 is 1.23 bits per heavy atom. The van der Waals surface area contributed by atoms with Gasteiger partial charge in [0.05, 0.1) is 23.4 Å². The number of aliphatic carboxylic acids is 1. The highest BCUT2D eigenvalue weighted by molar-refractivity contribution is 5.80. The van der Waals surface area contributed by atoms with Gasteiger partial charge in [-0.05, 0) is 65.2 Å². The molecule has 0 heterocycles. The molecule has 4 aliphatic carbocycles. The summed E-state index contributed by atoms with van der Waals surface area (Å²) in [5, 5.41) is 17.5. The molecule has 0 aromatic heterocycles. The molecule has 0 aliphatic heterocycles. The fraction of sp³-hybridized carbons (Fsp3) is 0.906. The smallest absolute Gasteiger partial charge is 0.309 e. The van der Waals surface area contributed by atoms with Crippen LogP contribution >= 0.6 is 0 Å². The number of rotatable bonds is 3. The number of carbonyl (C=O) groups is 2. The Bertz CT molecular complexity index is 706. The van der Waals surface area contributed by atoms with E-state index in [1.165, 1.54) is 77.0 Å². The topological polar surface area (TPSA) is 132 Å². The summed E-state index contributed by atoms with van der Waals surface area (Å²) in [5.41, 5.74) is 9.29. The zero-order valence-electron chi connectivity index (χ0n) is 25.7. The average Bonchev–Trinajstić information content (AvgIpc) is 2.91. The molecule has 1 amide bonds. The van der Waals surface area contributed by atoms with E-state index in [-0.39, 0.29) is 29.1 Å². The van der Waals surface area contributed by atoms with Crippen molar-refractivity contribution in [1.29, 1.82) is 5.26 Å². The van der Waals surface area contributed by atoms with Gasteiger partial charge in [0.1, 0.15) is 0 Å². The molecule has 4 fully saturated rings. The predicted molar refractivity (Wildman–Crippen MR) is 155 cm³/mol. The van der Waals surface area contributed by atoms with Crippen molar-refractivity contribution in [1.82, 2.24) is 0 Å². The zero-order valence-corrected chi connectivity index (χ0v) is 26.5. The third-order valence-electron chi connectivity index (χ3n) is 9.92. The van der Waals surface area contributed by atoms with Gasteiger partial charge in [0.2, 0.25) is 5.91 Å². The number of nitrogens with zero attached hydrogens (tertiary/aromatic N) is 1. The standard InChI is InChI=1S/C8H15NO.C8H17N.C8H13N.C8H14O2.ClH/c1-8(7(9)10)5-3-2-4-6-8;2*1-8(7-9)5-3-2-4-6-8;1-8(7(9)10)5-3-2-4-6-8;/h2-6H2,1H3,(H2,9,10);2-7,9H2,1H3;2-6H2,1H3;2-6H2,1H3,(H,9,10);1H. The van der Waals surface area contributed by atoms with Crippen molar-refractivity contribution >= 4 is 11.9 Å². The van der Waals surface area contributed by atoms with Crippen molar-refractivity contribution in [3.8, 4) is 6.07 Å². The van der Waals surface area contributed by atoms with Crippen LogP contribution in [0.4, 0.5) is 0 Å². The molecule has 0 aromatic rings. The van der Waals surface area contributed by atoms with Gasteiger partial charge in [-0.1, -0.05) is 90.9 Å². The van der Waals surface area contributed by atoms with E-state index in [9.17, 15) is 9.59 Å². The van der Waals surface area contributed by atoms with Gasteiger partial charge in [-0.2, -0.15) is 5.26 Å². The highest BCUT2D eigenvalue weighted by Crippen LogP contribution is 2.37. The van der Waals surface area contributed by atoms with Crippen LogP contribution in [0.2, 0.25) is 0 Å². The van der Waals surface area contributed by atoms with Crippen LogP contribution in [-0.4, -0.2) is 23.5 Å². The highest BCUT2D eigenvalue weighted by Gasteiger charge is 2.34. The second-order valence-electron chi connectivity index (χ2n) is 13.8. The van der Waals surface area contributed by atoms with E-state index in [0.29, 0.717) is 5.41 Å². The number of nitriles is 1. The quantitative estimate of drug-likeness (QED) is 0.470. The molecular formula is C32H60ClN3O3. The first-order chi connectivity index (χ1) is 17.8. The molecule has 39 heavy (non-hydrogen) atoms. The number of nitrogens with two attached hydrogens (primary N) is 1. The number of hydrogen-bond donors (Lipinski definition) is 3. The van der Waals surface area contributed by atoms with E-state index < -0.39 is 11.4 Å². The van der Waals surface area contributed by atoms with E-state index in [1.807, 2.05) is 13.8 Å². The molecule has 4 saturated carbocycles. The molecule has 0 radical (unpaired) electrons. The highest BCUT2D eigenvalue weighted by atomic mass is 35.5. The van der Waals surface area contributed by atoms with Crippen LogP contribution < -0.4 is 23.9 Å². The van der Waals surface area contributed by atoms with Gasteiger partial charge >= 0.3 is 5.97 Å². The van der Waals surface area contributed by atoms with Crippen molar-refractivity contribution in [3.63, 3.8) is 0 Å². The van der Waals surface area contributed by atoms with E-state index in [2.05, 4.69) is 25.7 Å². The summed E-state index contributed by atoms with van der Waals surface area (Å²) in [4.78, 5) is 21.6. The lowest BCUT2D eigenvalue weighted by Crippen LogP contribution is -3.00. The van der Waals surface area contributed by atoms with Crippen LogP contribution in [0, 0.1) is 33.0 Å². The number of carboxylic acid groups (broad SMARTS) is 1. The molecule has 0 aromatic carbocycles. The summed E-state index contributed by atoms with van der Waals surface area (Å²) >= 11 is 0. The largest absolute Gasteiger partial charge is 1.00 e. The van der Waals surface area contributed by atoms with E-state index >= 15 is 0 Å². The summed E-state index contributed by atoms with van der Waals surface area (Å²) in [5.74, 6) is -0.737. The van der Waals surface area contributed by atoms with Gasteiger partial charge in [0.15, 0.2) is 0 Å². The molecule has 0 spiro atoms. The maximum atomic E-state index is 10.9. The first kappa shape index (κ1) is 37.7. The van der Waals surface area contributed by atoms with Gasteiger partial charge < -0.3 is 29.0 Å². The van der Waals surface area contributed by atoms with Crippen molar-refractivity contribution in [3.05, 3.63) is 0 Å². The van der Waals surface area contributed by atoms with Crippen LogP contribution in [0.25, 0.3) is 0 Å². The Balaban J connectivity index is 0.000000490. The van der Waals surface area contributed by atoms with Gasteiger partial charge in [-0.3, -0.25) is 9.59 Å². The van der Waals surface area contributed by atoms with E-state index in [1.54, 1.807) is 0 Å². The summed E-state index contributed by atoms with van der Waals surface area (Å²) < 4.78 is 0. The molecule has 0 unspecified atom stereocenters. The fourth-order valence-electron chi connectivity index (χ4n) is 6.22. The number of carbonyl (C=O) groups excluding carboxylic acids is 1. The van der Waals surface area contributed by atoms with Gasteiger partial charge in [-0.15, -0.1) is 0 Å². The Labute approximate surface area is 245 Å². The SMILES string of the molecule is CC1(C#N)CCCCC1.CC1(C(=O)O)CCCCC1.CC1(C(N)=O)CCCCC1.CC1(C[NH3+])CCCCC1.[Cl-]. The van der Waals surface area contributed by atoms with Crippen LogP contribution in [0.15, 0.2) is 0 Å². The maximum absolute atomic E-state index is 10.9. The Hall–Kier alpha value is -1.32. The number of hydrogen-bond acceptors (Lipinski definition) is 3. The molecular weight excluding hydrogens is 510 g/mol. The van der Waals surface area contributed by atoms with Crippen LogP contribution in [-0.2, 0) is 9.59 Å². The molecule has 7 heteroatoms. The lowest BCUT2D eigenvalue weighted by molar-refractivity contribution is -0.393. The molecule has 6 N–H and O–H groups in total. The minimum atomic E-state index is -0.618. The number of quaternary nitrogens is 1. The van der Waals surface area contributed by atoms with E-state index in [0.717, 1.165) is 57.9 Å². The molecule has 228 valence electrons. The average molecular weight is 570 g/mol. The van der Waals surface area contributed by atoms with Crippen molar-refractivity contribution in [2.24, 2.45) is 27.4 Å². The predicted octanol–water partition coefficient (Wildman–Crippen LogP) is 4.17. The zero-order chi connectivity index (χ0) is 28.7. The number of primary amides is 1. The molecule has 0 atom stereocenters. The monoisotopic (exact) mass is 569 g/mol. The summed E-state index contributed by atoms with van der Waals surface area (Å²) in [6, 6.07) is 2.38. The normalized spacial score (nSPS) is 24.1. The third kappa shape index (κ3) is 13.7. The first-order valence-corrected chi connectivity index (χ1v) is 15.6.